The number of carbonyl (C=O) groups excluding carboxylic acids is 2. The highest BCUT2D eigenvalue weighted by molar-refractivity contribution is 7.15. The Balaban J connectivity index is 2.04. The van der Waals surface area contributed by atoms with Crippen molar-refractivity contribution in [3.8, 4) is 0 Å². The molecule has 110 valence electrons. The Morgan fingerprint density at radius 3 is 2.67 bits per heavy atom. The summed E-state index contributed by atoms with van der Waals surface area (Å²) in [4.78, 5) is 28.7. The number of ketones is 1. The number of nitrogens with one attached hydrogen (secondary N) is 2. The van der Waals surface area contributed by atoms with E-state index in [1.807, 2.05) is 13.8 Å². The number of nitrogens with zero attached hydrogens (tertiary/aromatic N) is 1. The molecular weight excluding hydrogens is 286 g/mol. The van der Waals surface area contributed by atoms with Gasteiger partial charge in [-0.15, -0.1) is 11.3 Å². The Morgan fingerprint density at radius 2 is 2.05 bits per heavy atom. The molecule has 2 rings (SSSR count). The number of benzene rings is 1. The van der Waals surface area contributed by atoms with Crippen molar-refractivity contribution < 1.29 is 9.59 Å². The maximum absolute atomic E-state index is 11.9. The van der Waals surface area contributed by atoms with Gasteiger partial charge in [-0.2, -0.15) is 0 Å². The van der Waals surface area contributed by atoms with Crippen molar-refractivity contribution in [2.45, 2.75) is 27.2 Å². The molecule has 0 saturated heterocycles. The van der Waals surface area contributed by atoms with Crippen LogP contribution in [0, 0.1) is 6.92 Å². The van der Waals surface area contributed by atoms with Gasteiger partial charge < -0.3 is 5.32 Å². The van der Waals surface area contributed by atoms with Gasteiger partial charge in [0.2, 0.25) is 0 Å². The first-order valence-electron chi connectivity index (χ1n) is 6.65. The summed E-state index contributed by atoms with van der Waals surface area (Å²) >= 11 is 1.45. The molecule has 0 fully saturated rings. The van der Waals surface area contributed by atoms with Crippen molar-refractivity contribution in [1.29, 1.82) is 0 Å². The Labute approximate surface area is 127 Å². The summed E-state index contributed by atoms with van der Waals surface area (Å²) in [7, 11) is 0. The summed E-state index contributed by atoms with van der Waals surface area (Å²) < 4.78 is 0. The monoisotopic (exact) mass is 303 g/mol. The molecular formula is C15H17N3O2S. The molecule has 0 unspecified atom stereocenters. The number of anilines is 2. The minimum atomic E-state index is -0.368. The smallest absolute Gasteiger partial charge is 0.308 e. The number of rotatable bonds is 4. The van der Waals surface area contributed by atoms with Crippen LogP contribution in [-0.4, -0.2) is 16.8 Å². The van der Waals surface area contributed by atoms with E-state index in [0.717, 1.165) is 17.0 Å². The summed E-state index contributed by atoms with van der Waals surface area (Å²) in [5.41, 5.74) is 2.13. The fourth-order valence-corrected chi connectivity index (χ4v) is 2.78. The highest BCUT2D eigenvalue weighted by Crippen LogP contribution is 2.22. The molecule has 0 aliphatic rings. The van der Waals surface area contributed by atoms with Gasteiger partial charge in [0.05, 0.1) is 5.69 Å². The van der Waals surface area contributed by atoms with Gasteiger partial charge in [0.25, 0.3) is 0 Å². The number of Topliss-reactive ketones (excluding diaryl/α,β-unsaturated/α-hetero) is 1. The van der Waals surface area contributed by atoms with Crippen molar-refractivity contribution in [2.24, 2.45) is 0 Å². The average Bonchev–Trinajstić information content (AvgIpc) is 2.78. The van der Waals surface area contributed by atoms with Gasteiger partial charge in [0.1, 0.15) is 0 Å². The zero-order valence-electron chi connectivity index (χ0n) is 12.2. The van der Waals surface area contributed by atoms with Crippen LogP contribution in [-0.2, 0) is 6.42 Å². The molecule has 0 spiro atoms. The van der Waals surface area contributed by atoms with Crippen LogP contribution in [0.25, 0.3) is 0 Å². The Morgan fingerprint density at radius 1 is 1.29 bits per heavy atom. The minimum absolute atomic E-state index is 0.0396. The molecule has 0 bridgehead atoms. The molecule has 1 aromatic carbocycles. The quantitative estimate of drug-likeness (QED) is 0.842. The number of thiazole rings is 1. The molecule has 6 heteroatoms. The Kier molecular flexibility index (Phi) is 4.70. The van der Waals surface area contributed by atoms with Gasteiger partial charge >= 0.3 is 6.03 Å². The van der Waals surface area contributed by atoms with Crippen LogP contribution in [0.3, 0.4) is 0 Å². The van der Waals surface area contributed by atoms with E-state index in [2.05, 4.69) is 15.6 Å². The maximum Gasteiger partial charge on any atom is 0.325 e. The number of carbonyl (C=O) groups is 2. The standard InChI is InChI=1S/C15H17N3O2S/c1-4-13-10(3)21-15(17-13)18-14(20)16-12-7-5-6-11(8-12)9(2)19/h5-8H,4H2,1-3H3,(H2,16,17,18,20). The van der Waals surface area contributed by atoms with Crippen molar-refractivity contribution in [3.63, 3.8) is 0 Å². The number of amides is 2. The second kappa shape index (κ2) is 6.49. The van der Waals surface area contributed by atoms with E-state index in [1.165, 1.54) is 18.3 Å². The van der Waals surface area contributed by atoms with E-state index in [1.54, 1.807) is 24.3 Å². The minimum Gasteiger partial charge on any atom is -0.308 e. The lowest BCUT2D eigenvalue weighted by Crippen LogP contribution is -2.19. The third kappa shape index (κ3) is 3.88. The molecule has 1 heterocycles. The third-order valence-corrected chi connectivity index (χ3v) is 3.90. The van der Waals surface area contributed by atoms with Crippen molar-refractivity contribution in [2.75, 3.05) is 10.6 Å². The highest BCUT2D eigenvalue weighted by atomic mass is 32.1. The molecule has 2 amide bonds. The van der Waals surface area contributed by atoms with Crippen molar-refractivity contribution >= 4 is 34.0 Å². The van der Waals surface area contributed by atoms with Crippen LogP contribution in [0.1, 0.15) is 34.8 Å². The normalized spacial score (nSPS) is 10.2. The SMILES string of the molecule is CCc1nc(NC(=O)Nc2cccc(C(C)=O)c2)sc1C. The van der Waals surface area contributed by atoms with E-state index in [-0.39, 0.29) is 11.8 Å². The second-order valence-electron chi connectivity index (χ2n) is 4.59. The molecule has 1 aromatic heterocycles. The molecule has 0 aliphatic heterocycles. The average molecular weight is 303 g/mol. The maximum atomic E-state index is 11.9. The summed E-state index contributed by atoms with van der Waals surface area (Å²) in [5, 5.41) is 5.98. The zero-order valence-corrected chi connectivity index (χ0v) is 13.0. The third-order valence-electron chi connectivity index (χ3n) is 2.97. The molecule has 2 aromatic rings. The lowest BCUT2D eigenvalue weighted by molar-refractivity contribution is 0.101. The molecule has 0 atom stereocenters. The van der Waals surface area contributed by atoms with Gasteiger partial charge in [-0.05, 0) is 32.4 Å². The van der Waals surface area contributed by atoms with E-state index >= 15 is 0 Å². The molecule has 21 heavy (non-hydrogen) atoms. The van der Waals surface area contributed by atoms with E-state index in [4.69, 9.17) is 0 Å². The van der Waals surface area contributed by atoms with E-state index in [9.17, 15) is 9.59 Å². The Bertz CT molecular complexity index is 679. The van der Waals surface area contributed by atoms with Gasteiger partial charge in [0.15, 0.2) is 10.9 Å². The fourth-order valence-electron chi connectivity index (χ4n) is 1.88. The second-order valence-corrected chi connectivity index (χ2v) is 5.79. The van der Waals surface area contributed by atoms with Gasteiger partial charge in [-0.25, -0.2) is 9.78 Å². The molecule has 2 N–H and O–H groups in total. The molecule has 0 saturated carbocycles. The molecule has 0 radical (unpaired) electrons. The van der Waals surface area contributed by atoms with Crippen molar-refractivity contribution in [3.05, 3.63) is 40.4 Å². The van der Waals surface area contributed by atoms with Crippen LogP contribution >= 0.6 is 11.3 Å². The van der Waals surface area contributed by atoms with Crippen LogP contribution in [0.5, 0.6) is 0 Å². The lowest BCUT2D eigenvalue weighted by Gasteiger charge is -2.06. The van der Waals surface area contributed by atoms with E-state index < -0.39 is 0 Å². The summed E-state index contributed by atoms with van der Waals surface area (Å²) in [6.07, 6.45) is 0.840. The zero-order chi connectivity index (χ0) is 15.4. The number of urea groups is 1. The first-order valence-corrected chi connectivity index (χ1v) is 7.46. The molecule has 5 nitrogen and oxygen atoms in total. The summed E-state index contributed by atoms with van der Waals surface area (Å²) in [6.45, 7) is 5.50. The van der Waals surface area contributed by atoms with Crippen LogP contribution < -0.4 is 10.6 Å². The summed E-state index contributed by atoms with van der Waals surface area (Å²) in [6, 6.07) is 6.45. The fraction of sp³-hybridized carbons (Fsp3) is 0.267. The van der Waals surface area contributed by atoms with Crippen LogP contribution in [0.15, 0.2) is 24.3 Å². The number of hydrogen-bond donors (Lipinski definition) is 2. The van der Waals surface area contributed by atoms with Gasteiger partial charge in [-0.3, -0.25) is 10.1 Å². The number of aromatic nitrogens is 1. The number of hydrogen-bond acceptors (Lipinski definition) is 4. The first-order chi connectivity index (χ1) is 9.99. The number of aryl methyl sites for hydroxylation is 2. The van der Waals surface area contributed by atoms with Gasteiger partial charge in [0, 0.05) is 16.1 Å². The predicted molar refractivity (Wildman–Crippen MR) is 85.3 cm³/mol. The van der Waals surface area contributed by atoms with Crippen molar-refractivity contribution in [1.82, 2.24) is 4.98 Å². The van der Waals surface area contributed by atoms with Crippen LogP contribution in [0.2, 0.25) is 0 Å². The van der Waals surface area contributed by atoms with E-state index in [0.29, 0.717) is 16.4 Å². The van der Waals surface area contributed by atoms with Crippen LogP contribution in [0.4, 0.5) is 15.6 Å². The molecule has 0 aliphatic carbocycles. The topological polar surface area (TPSA) is 71.1 Å². The van der Waals surface area contributed by atoms with Gasteiger partial charge in [-0.1, -0.05) is 19.1 Å². The lowest BCUT2D eigenvalue weighted by atomic mass is 10.1. The summed E-state index contributed by atoms with van der Waals surface area (Å²) in [5.74, 6) is -0.0396. The predicted octanol–water partition coefficient (Wildman–Crippen LogP) is 3.86. The Hall–Kier alpha value is -2.21. The largest absolute Gasteiger partial charge is 0.325 e. The highest BCUT2D eigenvalue weighted by Gasteiger charge is 2.10. The first kappa shape index (κ1) is 15.2.